The number of carbonyl (C=O) groups is 1. The van der Waals surface area contributed by atoms with Crippen LogP contribution in [-0.2, 0) is 4.79 Å². The largest absolute Gasteiger partial charge is 0.480 e. The summed E-state index contributed by atoms with van der Waals surface area (Å²) < 4.78 is 5.98. The first-order valence-corrected chi connectivity index (χ1v) is 7.94. The van der Waals surface area contributed by atoms with Gasteiger partial charge in [0.05, 0.1) is 26.7 Å². The molecular formula is C17H27N2O2+. The van der Waals surface area contributed by atoms with E-state index in [0.29, 0.717) is 6.42 Å². The Morgan fingerprint density at radius 2 is 2.10 bits per heavy atom. The molecule has 1 unspecified atom stereocenters. The predicted molar refractivity (Wildman–Crippen MR) is 83.7 cm³/mol. The molecule has 1 aromatic carbocycles. The molecule has 116 valence electrons. The quantitative estimate of drug-likeness (QED) is 0.894. The fourth-order valence-corrected chi connectivity index (χ4v) is 2.71. The number of likely N-dealkylation sites (N-methyl/N-ethyl adjacent to an activating group) is 1. The summed E-state index contributed by atoms with van der Waals surface area (Å²) in [6, 6.07) is 7.88. The number of benzene rings is 1. The van der Waals surface area contributed by atoms with E-state index in [2.05, 4.69) is 7.05 Å². The first kappa shape index (κ1) is 15.8. The number of quaternary nitrogens is 1. The molecule has 0 spiro atoms. The number of carbonyl (C=O) groups excluding carboxylic acids is 1. The smallest absolute Gasteiger partial charge is 0.263 e. The molecule has 0 aromatic heterocycles. The van der Waals surface area contributed by atoms with E-state index in [0.717, 1.165) is 43.9 Å². The van der Waals surface area contributed by atoms with Crippen LogP contribution in [0.5, 0.6) is 5.75 Å². The van der Waals surface area contributed by atoms with Crippen LogP contribution in [0.1, 0.15) is 25.3 Å². The molecule has 2 atom stereocenters. The molecule has 0 aliphatic carbocycles. The maximum atomic E-state index is 12.7. The molecule has 4 heteroatoms. The highest BCUT2D eigenvalue weighted by Gasteiger charge is 2.27. The Kier molecular flexibility index (Phi) is 5.62. The van der Waals surface area contributed by atoms with Gasteiger partial charge in [-0.1, -0.05) is 25.1 Å². The van der Waals surface area contributed by atoms with Crippen molar-refractivity contribution in [2.24, 2.45) is 0 Å². The van der Waals surface area contributed by atoms with Gasteiger partial charge in [-0.3, -0.25) is 4.79 Å². The number of nitrogens with one attached hydrogen (secondary N) is 1. The van der Waals surface area contributed by atoms with Crippen LogP contribution in [0.3, 0.4) is 0 Å². The van der Waals surface area contributed by atoms with Gasteiger partial charge in [-0.05, 0) is 25.0 Å². The van der Waals surface area contributed by atoms with Gasteiger partial charge in [-0.25, -0.2) is 0 Å². The number of hydrogen-bond donors (Lipinski definition) is 1. The average molecular weight is 291 g/mol. The van der Waals surface area contributed by atoms with E-state index in [1.54, 1.807) is 0 Å². The van der Waals surface area contributed by atoms with E-state index >= 15 is 0 Å². The molecule has 1 amide bonds. The minimum absolute atomic E-state index is 0.135. The Labute approximate surface area is 127 Å². The van der Waals surface area contributed by atoms with Crippen molar-refractivity contribution in [3.8, 4) is 5.75 Å². The van der Waals surface area contributed by atoms with Crippen LogP contribution < -0.4 is 9.64 Å². The number of amides is 1. The lowest BCUT2D eigenvalue weighted by Crippen LogP contribution is -3.09. The maximum absolute atomic E-state index is 12.7. The number of aryl methyl sites for hydroxylation is 1. The number of ether oxygens (including phenoxy) is 1. The second-order valence-corrected chi connectivity index (χ2v) is 5.92. The zero-order valence-electron chi connectivity index (χ0n) is 13.4. The highest BCUT2D eigenvalue weighted by atomic mass is 16.5. The SMILES string of the molecule is CC[C@H](Oc1ccccc1C)C(=O)N1CCC[NH+](C)CC1. The molecular weight excluding hydrogens is 264 g/mol. The third kappa shape index (κ3) is 4.21. The Hall–Kier alpha value is -1.55. The summed E-state index contributed by atoms with van der Waals surface area (Å²) in [7, 11) is 2.19. The third-order valence-electron chi connectivity index (χ3n) is 4.16. The van der Waals surface area contributed by atoms with E-state index in [9.17, 15) is 4.79 Å². The molecule has 0 bridgehead atoms. The van der Waals surface area contributed by atoms with Crippen LogP contribution in [0.15, 0.2) is 24.3 Å². The van der Waals surface area contributed by atoms with E-state index < -0.39 is 0 Å². The molecule has 2 rings (SSSR count). The minimum atomic E-state index is -0.371. The third-order valence-corrected chi connectivity index (χ3v) is 4.16. The number of para-hydroxylation sites is 1. The highest BCUT2D eigenvalue weighted by molar-refractivity contribution is 5.81. The first-order chi connectivity index (χ1) is 10.1. The predicted octanol–water partition coefficient (Wildman–Crippen LogP) is 0.899. The molecule has 0 radical (unpaired) electrons. The van der Waals surface area contributed by atoms with Crippen LogP contribution in [0.25, 0.3) is 0 Å². The van der Waals surface area contributed by atoms with Crippen LogP contribution in [0.4, 0.5) is 0 Å². The van der Waals surface area contributed by atoms with Gasteiger partial charge < -0.3 is 14.5 Å². The van der Waals surface area contributed by atoms with Gasteiger partial charge in [-0.15, -0.1) is 0 Å². The summed E-state index contributed by atoms with van der Waals surface area (Å²) in [5, 5.41) is 0. The van der Waals surface area contributed by atoms with Gasteiger partial charge in [0.1, 0.15) is 5.75 Å². The highest BCUT2D eigenvalue weighted by Crippen LogP contribution is 2.19. The fourth-order valence-electron chi connectivity index (χ4n) is 2.71. The molecule has 1 aliphatic rings. The van der Waals surface area contributed by atoms with Gasteiger partial charge in [0.15, 0.2) is 6.10 Å². The summed E-state index contributed by atoms with van der Waals surface area (Å²) in [6.07, 6.45) is 1.40. The van der Waals surface area contributed by atoms with Crippen molar-refractivity contribution < 1.29 is 14.4 Å². The van der Waals surface area contributed by atoms with E-state index in [1.165, 1.54) is 4.90 Å². The first-order valence-electron chi connectivity index (χ1n) is 7.94. The van der Waals surface area contributed by atoms with Gasteiger partial charge in [-0.2, -0.15) is 0 Å². The molecule has 0 saturated carbocycles. The normalized spacial score (nSPS) is 20.7. The zero-order chi connectivity index (χ0) is 15.2. The van der Waals surface area contributed by atoms with Crippen LogP contribution in [-0.4, -0.2) is 50.1 Å². The molecule has 21 heavy (non-hydrogen) atoms. The van der Waals surface area contributed by atoms with Gasteiger partial charge in [0.25, 0.3) is 5.91 Å². The van der Waals surface area contributed by atoms with E-state index in [-0.39, 0.29) is 12.0 Å². The second-order valence-electron chi connectivity index (χ2n) is 5.92. The van der Waals surface area contributed by atoms with E-state index in [4.69, 9.17) is 4.74 Å². The Morgan fingerprint density at radius 1 is 1.33 bits per heavy atom. The van der Waals surface area contributed by atoms with Crippen LogP contribution >= 0.6 is 0 Å². The van der Waals surface area contributed by atoms with Crippen molar-refractivity contribution in [3.63, 3.8) is 0 Å². The van der Waals surface area contributed by atoms with E-state index in [1.807, 2.05) is 43.0 Å². The average Bonchev–Trinajstić information content (AvgIpc) is 2.70. The van der Waals surface area contributed by atoms with Crippen LogP contribution in [0, 0.1) is 6.92 Å². The Morgan fingerprint density at radius 3 is 2.81 bits per heavy atom. The van der Waals surface area contributed by atoms with Crippen molar-refractivity contribution in [2.75, 3.05) is 33.2 Å². The summed E-state index contributed by atoms with van der Waals surface area (Å²) >= 11 is 0. The van der Waals surface area contributed by atoms with Crippen LogP contribution in [0.2, 0.25) is 0 Å². The molecule has 1 aliphatic heterocycles. The maximum Gasteiger partial charge on any atom is 0.263 e. The van der Waals surface area contributed by atoms with Crippen molar-refractivity contribution in [1.29, 1.82) is 0 Å². The Bertz CT molecular complexity index is 476. The lowest BCUT2D eigenvalue weighted by atomic mass is 10.2. The number of hydrogen-bond acceptors (Lipinski definition) is 2. The molecule has 1 saturated heterocycles. The lowest BCUT2D eigenvalue weighted by Gasteiger charge is -2.25. The molecule has 1 fully saturated rings. The Balaban J connectivity index is 2.03. The van der Waals surface area contributed by atoms with Crippen molar-refractivity contribution >= 4 is 5.91 Å². The summed E-state index contributed by atoms with van der Waals surface area (Å²) in [5.74, 6) is 0.950. The minimum Gasteiger partial charge on any atom is -0.480 e. The van der Waals surface area contributed by atoms with Crippen molar-refractivity contribution in [3.05, 3.63) is 29.8 Å². The zero-order valence-corrected chi connectivity index (χ0v) is 13.4. The topological polar surface area (TPSA) is 34.0 Å². The fraction of sp³-hybridized carbons (Fsp3) is 0.588. The van der Waals surface area contributed by atoms with Crippen molar-refractivity contribution in [2.45, 2.75) is 32.8 Å². The summed E-state index contributed by atoms with van der Waals surface area (Å²) in [6.45, 7) is 7.86. The second kappa shape index (κ2) is 7.46. The van der Waals surface area contributed by atoms with Gasteiger partial charge in [0.2, 0.25) is 0 Å². The monoisotopic (exact) mass is 291 g/mol. The molecule has 1 heterocycles. The lowest BCUT2D eigenvalue weighted by molar-refractivity contribution is -0.877. The molecule has 1 aromatic rings. The molecule has 1 N–H and O–H groups in total. The molecule has 4 nitrogen and oxygen atoms in total. The number of rotatable bonds is 4. The summed E-state index contributed by atoms with van der Waals surface area (Å²) in [5.41, 5.74) is 1.07. The van der Waals surface area contributed by atoms with Crippen molar-refractivity contribution in [1.82, 2.24) is 4.90 Å². The van der Waals surface area contributed by atoms with Gasteiger partial charge in [0, 0.05) is 13.0 Å². The standard InChI is InChI=1S/C17H26N2O2/c1-4-15(21-16-9-6-5-8-14(16)2)17(20)19-11-7-10-18(3)12-13-19/h5-6,8-9,15H,4,7,10-13H2,1-3H3/p+1/t15-/m0/s1. The number of nitrogens with zero attached hydrogens (tertiary/aromatic N) is 1. The summed E-state index contributed by atoms with van der Waals surface area (Å²) in [4.78, 5) is 16.2. The van der Waals surface area contributed by atoms with Gasteiger partial charge >= 0.3 is 0 Å².